The van der Waals surface area contributed by atoms with Crippen LogP contribution in [0.1, 0.15) is 49.9 Å². The number of unbranched alkanes of at least 4 members (excludes halogenated alkanes) is 1. The van der Waals surface area contributed by atoms with Crippen molar-refractivity contribution in [3.8, 4) is 5.75 Å². The van der Waals surface area contributed by atoms with E-state index in [4.69, 9.17) is 4.74 Å². The molecule has 0 bridgehead atoms. The summed E-state index contributed by atoms with van der Waals surface area (Å²) in [7, 11) is 0. The van der Waals surface area contributed by atoms with E-state index in [9.17, 15) is 14.9 Å². The van der Waals surface area contributed by atoms with E-state index in [2.05, 4.69) is 13.8 Å². The van der Waals surface area contributed by atoms with Gasteiger partial charge in [-0.15, -0.1) is 0 Å². The fourth-order valence-corrected chi connectivity index (χ4v) is 2.00. The standard InChI is InChI=1S/C15H21NO4/c1-3-5-6-12(4-2)11-20-14-7-8-15(16(18)19)13(9-14)10-17/h7-10,12H,3-6,11H2,1-2H3. The highest BCUT2D eigenvalue weighted by Gasteiger charge is 2.14. The molecule has 0 fully saturated rings. The van der Waals surface area contributed by atoms with Crippen LogP contribution in [0.25, 0.3) is 0 Å². The number of rotatable bonds is 9. The summed E-state index contributed by atoms with van der Waals surface area (Å²) < 4.78 is 5.65. The van der Waals surface area contributed by atoms with E-state index < -0.39 is 4.92 Å². The molecule has 0 aliphatic heterocycles. The Morgan fingerprint density at radius 1 is 1.40 bits per heavy atom. The van der Waals surface area contributed by atoms with Gasteiger partial charge in [-0.2, -0.15) is 0 Å². The smallest absolute Gasteiger partial charge is 0.280 e. The largest absolute Gasteiger partial charge is 0.493 e. The summed E-state index contributed by atoms with van der Waals surface area (Å²) in [6.45, 7) is 4.85. The number of benzene rings is 1. The van der Waals surface area contributed by atoms with Gasteiger partial charge in [0.05, 0.1) is 17.1 Å². The van der Waals surface area contributed by atoms with Crippen LogP contribution in [0.2, 0.25) is 0 Å². The van der Waals surface area contributed by atoms with Gasteiger partial charge in [-0.05, 0) is 24.5 Å². The van der Waals surface area contributed by atoms with Crippen LogP contribution in [-0.2, 0) is 0 Å². The van der Waals surface area contributed by atoms with Crippen LogP contribution >= 0.6 is 0 Å². The summed E-state index contributed by atoms with van der Waals surface area (Å²) in [5.41, 5.74) is -0.139. The fraction of sp³-hybridized carbons (Fsp3) is 0.533. The van der Waals surface area contributed by atoms with Crippen molar-refractivity contribution >= 4 is 12.0 Å². The van der Waals surface area contributed by atoms with Gasteiger partial charge in [-0.1, -0.05) is 33.1 Å². The molecule has 1 aromatic carbocycles. The Balaban J connectivity index is 2.68. The van der Waals surface area contributed by atoms with Crippen LogP contribution in [0, 0.1) is 16.0 Å². The van der Waals surface area contributed by atoms with Crippen molar-refractivity contribution in [1.29, 1.82) is 0 Å². The monoisotopic (exact) mass is 279 g/mol. The molecule has 110 valence electrons. The van der Waals surface area contributed by atoms with Crippen molar-refractivity contribution in [2.24, 2.45) is 5.92 Å². The number of nitrogens with zero attached hydrogens (tertiary/aromatic N) is 1. The third-order valence-electron chi connectivity index (χ3n) is 3.35. The van der Waals surface area contributed by atoms with Crippen LogP contribution in [0.15, 0.2) is 18.2 Å². The molecule has 1 atom stereocenters. The molecule has 1 aromatic rings. The van der Waals surface area contributed by atoms with Gasteiger partial charge in [-0.25, -0.2) is 0 Å². The molecule has 0 heterocycles. The average Bonchev–Trinajstić information content (AvgIpc) is 2.47. The van der Waals surface area contributed by atoms with Crippen molar-refractivity contribution < 1.29 is 14.5 Å². The lowest BCUT2D eigenvalue weighted by Crippen LogP contribution is -2.11. The lowest BCUT2D eigenvalue weighted by atomic mass is 10.0. The van der Waals surface area contributed by atoms with Crippen LogP contribution in [0.3, 0.4) is 0 Å². The zero-order valence-corrected chi connectivity index (χ0v) is 12.0. The Morgan fingerprint density at radius 3 is 2.70 bits per heavy atom. The van der Waals surface area contributed by atoms with Crippen molar-refractivity contribution in [1.82, 2.24) is 0 Å². The van der Waals surface area contributed by atoms with Gasteiger partial charge in [0.15, 0.2) is 6.29 Å². The Labute approximate surface area is 119 Å². The van der Waals surface area contributed by atoms with E-state index >= 15 is 0 Å². The first-order valence-electron chi connectivity index (χ1n) is 6.98. The summed E-state index contributed by atoms with van der Waals surface area (Å²) in [5, 5.41) is 10.7. The molecular weight excluding hydrogens is 258 g/mol. The van der Waals surface area contributed by atoms with Crippen LogP contribution in [-0.4, -0.2) is 17.8 Å². The summed E-state index contributed by atoms with van der Waals surface area (Å²) >= 11 is 0. The van der Waals surface area contributed by atoms with Gasteiger partial charge >= 0.3 is 0 Å². The Hall–Kier alpha value is -1.91. The average molecular weight is 279 g/mol. The molecule has 0 spiro atoms. The highest BCUT2D eigenvalue weighted by molar-refractivity contribution is 5.82. The minimum atomic E-state index is -0.566. The van der Waals surface area contributed by atoms with E-state index in [0.29, 0.717) is 24.6 Å². The minimum Gasteiger partial charge on any atom is -0.493 e. The van der Waals surface area contributed by atoms with Crippen molar-refractivity contribution in [2.45, 2.75) is 39.5 Å². The second-order valence-electron chi connectivity index (χ2n) is 4.82. The molecular formula is C15H21NO4. The Bertz CT molecular complexity index is 459. The molecule has 0 saturated heterocycles. The maximum absolute atomic E-state index is 10.9. The second-order valence-corrected chi connectivity index (χ2v) is 4.82. The number of hydrogen-bond donors (Lipinski definition) is 0. The van der Waals surface area contributed by atoms with Gasteiger partial charge in [-0.3, -0.25) is 14.9 Å². The molecule has 0 amide bonds. The molecule has 0 N–H and O–H groups in total. The van der Waals surface area contributed by atoms with E-state index in [-0.39, 0.29) is 11.3 Å². The number of carbonyl (C=O) groups excluding carboxylic acids is 1. The number of aldehydes is 1. The molecule has 0 saturated carbocycles. The third kappa shape index (κ3) is 4.64. The Kier molecular flexibility index (Phi) is 6.70. The lowest BCUT2D eigenvalue weighted by molar-refractivity contribution is -0.385. The molecule has 5 heteroatoms. The molecule has 1 rings (SSSR count). The number of nitro groups is 1. The topological polar surface area (TPSA) is 69.4 Å². The number of nitro benzene ring substituents is 1. The molecule has 0 aliphatic rings. The van der Waals surface area contributed by atoms with Crippen LogP contribution < -0.4 is 4.74 Å². The lowest BCUT2D eigenvalue weighted by Gasteiger charge is -2.15. The molecule has 0 radical (unpaired) electrons. The van der Waals surface area contributed by atoms with Gasteiger partial charge in [0.25, 0.3) is 5.69 Å². The van der Waals surface area contributed by atoms with Gasteiger partial charge < -0.3 is 4.74 Å². The maximum Gasteiger partial charge on any atom is 0.280 e. The molecule has 0 aliphatic carbocycles. The molecule has 20 heavy (non-hydrogen) atoms. The van der Waals surface area contributed by atoms with E-state index in [0.717, 1.165) is 19.3 Å². The molecule has 0 aromatic heterocycles. The number of hydrogen-bond acceptors (Lipinski definition) is 4. The zero-order chi connectivity index (χ0) is 15.0. The van der Waals surface area contributed by atoms with Crippen LogP contribution in [0.4, 0.5) is 5.69 Å². The zero-order valence-electron chi connectivity index (χ0n) is 12.0. The summed E-state index contributed by atoms with van der Waals surface area (Å²) in [4.78, 5) is 21.0. The normalized spacial score (nSPS) is 11.9. The number of ether oxygens (including phenoxy) is 1. The first-order valence-corrected chi connectivity index (χ1v) is 6.98. The summed E-state index contributed by atoms with van der Waals surface area (Å²) in [6.07, 6.45) is 4.96. The maximum atomic E-state index is 10.9. The summed E-state index contributed by atoms with van der Waals surface area (Å²) in [5.74, 6) is 0.984. The van der Waals surface area contributed by atoms with E-state index in [1.165, 1.54) is 24.6 Å². The van der Waals surface area contributed by atoms with Crippen LogP contribution in [0.5, 0.6) is 5.75 Å². The van der Waals surface area contributed by atoms with E-state index in [1.54, 1.807) is 0 Å². The van der Waals surface area contributed by atoms with E-state index in [1.807, 2.05) is 0 Å². The molecule has 5 nitrogen and oxygen atoms in total. The van der Waals surface area contributed by atoms with Crippen molar-refractivity contribution in [3.63, 3.8) is 0 Å². The van der Waals surface area contributed by atoms with Gasteiger partial charge in [0.1, 0.15) is 5.75 Å². The van der Waals surface area contributed by atoms with Crippen molar-refractivity contribution in [2.75, 3.05) is 6.61 Å². The highest BCUT2D eigenvalue weighted by atomic mass is 16.6. The predicted octanol–water partition coefficient (Wildman–Crippen LogP) is 4.00. The highest BCUT2D eigenvalue weighted by Crippen LogP contribution is 2.23. The first kappa shape index (κ1) is 16.1. The fourth-order valence-electron chi connectivity index (χ4n) is 2.00. The number of carbonyl (C=O) groups is 1. The second kappa shape index (κ2) is 8.30. The Morgan fingerprint density at radius 2 is 2.15 bits per heavy atom. The minimum absolute atomic E-state index is 0.0501. The first-order chi connectivity index (χ1) is 9.62. The summed E-state index contributed by atoms with van der Waals surface area (Å²) in [6, 6.07) is 4.28. The third-order valence-corrected chi connectivity index (χ3v) is 3.35. The van der Waals surface area contributed by atoms with Crippen molar-refractivity contribution in [3.05, 3.63) is 33.9 Å². The van der Waals surface area contributed by atoms with Gasteiger partial charge in [0.2, 0.25) is 0 Å². The SMILES string of the molecule is CCCCC(CC)COc1ccc([N+](=O)[O-])c(C=O)c1. The molecule has 1 unspecified atom stereocenters. The van der Waals surface area contributed by atoms with Gasteiger partial charge in [0, 0.05) is 6.07 Å². The quantitative estimate of drug-likeness (QED) is 0.389. The predicted molar refractivity (Wildman–Crippen MR) is 77.3 cm³/mol.